The highest BCUT2D eigenvalue weighted by Crippen LogP contribution is 2.22. The summed E-state index contributed by atoms with van der Waals surface area (Å²) < 4.78 is 36.6. The van der Waals surface area contributed by atoms with Gasteiger partial charge < -0.3 is 25.8 Å². The Balaban J connectivity index is 2.90. The van der Waals surface area contributed by atoms with Crippen molar-refractivity contribution < 1.29 is 27.8 Å². The van der Waals surface area contributed by atoms with Gasteiger partial charge in [0.25, 0.3) is 11.8 Å². The number of carbonyl (C=O) groups is 2. The van der Waals surface area contributed by atoms with E-state index in [1.165, 1.54) is 26.4 Å². The van der Waals surface area contributed by atoms with Gasteiger partial charge in [-0.2, -0.15) is 0 Å². The van der Waals surface area contributed by atoms with Gasteiger partial charge in [0.2, 0.25) is 5.91 Å². The Labute approximate surface area is 151 Å². The van der Waals surface area contributed by atoms with Gasteiger partial charge in [0.1, 0.15) is 17.5 Å². The van der Waals surface area contributed by atoms with E-state index in [0.29, 0.717) is 11.5 Å². The third-order valence-electron chi connectivity index (χ3n) is 3.67. The van der Waals surface area contributed by atoms with Crippen LogP contribution in [0.1, 0.15) is 24.2 Å². The third-order valence-corrected chi connectivity index (χ3v) is 3.67. The predicted molar refractivity (Wildman–Crippen MR) is 92.6 cm³/mol. The number of methoxy groups -OCH3 is 2. The number of hydrogen-bond donors (Lipinski definition) is 3. The molecule has 0 aliphatic carbocycles. The molecular formula is C17H25F2N3O4. The Morgan fingerprint density at radius 3 is 2.12 bits per heavy atom. The fourth-order valence-electron chi connectivity index (χ4n) is 2.10. The van der Waals surface area contributed by atoms with E-state index in [-0.39, 0.29) is 11.5 Å². The van der Waals surface area contributed by atoms with Crippen LogP contribution < -0.4 is 25.8 Å². The van der Waals surface area contributed by atoms with Gasteiger partial charge >= 0.3 is 0 Å². The van der Waals surface area contributed by atoms with Crippen LogP contribution in [0.2, 0.25) is 0 Å². The summed E-state index contributed by atoms with van der Waals surface area (Å²) in [5.74, 6) is -3.98. The number of hydrogen-bond acceptors (Lipinski definition) is 5. The molecule has 0 fully saturated rings. The lowest BCUT2D eigenvalue weighted by Gasteiger charge is -2.23. The van der Waals surface area contributed by atoms with Crippen LogP contribution in [0.15, 0.2) is 18.2 Å². The van der Waals surface area contributed by atoms with Crippen molar-refractivity contribution in [2.75, 3.05) is 27.3 Å². The number of amides is 2. The van der Waals surface area contributed by atoms with E-state index in [1.54, 1.807) is 19.9 Å². The molecule has 1 unspecified atom stereocenters. The number of rotatable bonds is 9. The molecule has 0 aliphatic heterocycles. The average molecular weight is 373 g/mol. The van der Waals surface area contributed by atoms with Crippen LogP contribution in [0.5, 0.6) is 11.5 Å². The molecule has 0 aliphatic rings. The van der Waals surface area contributed by atoms with Crippen LogP contribution in [-0.2, 0) is 4.79 Å². The molecule has 0 saturated heterocycles. The monoisotopic (exact) mass is 373 g/mol. The summed E-state index contributed by atoms with van der Waals surface area (Å²) in [5.41, 5.74) is 5.16. The summed E-state index contributed by atoms with van der Waals surface area (Å²) in [6, 6.07) is 3.57. The summed E-state index contributed by atoms with van der Waals surface area (Å²) >= 11 is 0. The van der Waals surface area contributed by atoms with Crippen LogP contribution in [0.4, 0.5) is 8.78 Å². The maximum atomic E-state index is 13.2. The number of alkyl halides is 2. The minimum Gasteiger partial charge on any atom is -0.497 e. The lowest BCUT2D eigenvalue weighted by molar-refractivity contribution is -0.125. The maximum absolute atomic E-state index is 13.2. The first-order valence-corrected chi connectivity index (χ1v) is 8.03. The molecule has 26 heavy (non-hydrogen) atoms. The van der Waals surface area contributed by atoms with Crippen LogP contribution >= 0.6 is 0 Å². The first-order valence-electron chi connectivity index (χ1n) is 8.03. The Bertz CT molecular complexity index is 616. The van der Waals surface area contributed by atoms with Gasteiger partial charge in [-0.1, -0.05) is 13.8 Å². The van der Waals surface area contributed by atoms with Crippen molar-refractivity contribution in [1.82, 2.24) is 10.6 Å². The van der Waals surface area contributed by atoms with Crippen molar-refractivity contribution in [1.29, 1.82) is 0 Å². The SMILES string of the molecule is COc1cc(OC)cc(C(=O)NC(C(=O)NCC(F)(F)CN)C(C)C)c1. The number of benzene rings is 1. The summed E-state index contributed by atoms with van der Waals surface area (Å²) in [4.78, 5) is 24.7. The lowest BCUT2D eigenvalue weighted by atomic mass is 10.0. The molecule has 1 aromatic carbocycles. The van der Waals surface area contributed by atoms with Crippen molar-refractivity contribution in [3.63, 3.8) is 0 Å². The van der Waals surface area contributed by atoms with E-state index in [9.17, 15) is 18.4 Å². The zero-order valence-corrected chi connectivity index (χ0v) is 15.3. The summed E-state index contributed by atoms with van der Waals surface area (Å²) in [5, 5.41) is 4.68. The highest BCUT2D eigenvalue weighted by molar-refractivity contribution is 5.98. The second-order valence-corrected chi connectivity index (χ2v) is 6.07. The Morgan fingerprint density at radius 2 is 1.69 bits per heavy atom. The molecule has 1 atom stereocenters. The number of halogens is 2. The summed E-state index contributed by atoms with van der Waals surface area (Å²) in [6.07, 6.45) is 0. The van der Waals surface area contributed by atoms with Crippen LogP contribution in [0.25, 0.3) is 0 Å². The predicted octanol–water partition coefficient (Wildman–Crippen LogP) is 1.17. The molecule has 0 spiro atoms. The molecule has 0 saturated carbocycles. The number of nitrogens with two attached hydrogens (primary N) is 1. The molecule has 0 bridgehead atoms. The van der Waals surface area contributed by atoms with E-state index >= 15 is 0 Å². The zero-order valence-electron chi connectivity index (χ0n) is 15.3. The fourth-order valence-corrected chi connectivity index (χ4v) is 2.10. The molecule has 7 nitrogen and oxygen atoms in total. The minimum atomic E-state index is -3.21. The Kier molecular flexibility index (Phi) is 7.76. The molecule has 146 valence electrons. The van der Waals surface area contributed by atoms with Crippen LogP contribution in [0, 0.1) is 5.92 Å². The van der Waals surface area contributed by atoms with Crippen molar-refractivity contribution in [2.24, 2.45) is 11.7 Å². The lowest BCUT2D eigenvalue weighted by Crippen LogP contribution is -2.52. The van der Waals surface area contributed by atoms with Gasteiger partial charge in [-0.05, 0) is 18.1 Å². The van der Waals surface area contributed by atoms with E-state index in [4.69, 9.17) is 15.2 Å². The second-order valence-electron chi connectivity index (χ2n) is 6.07. The molecule has 0 radical (unpaired) electrons. The van der Waals surface area contributed by atoms with Gasteiger partial charge in [0.05, 0.1) is 27.3 Å². The molecule has 9 heteroatoms. The van der Waals surface area contributed by atoms with E-state index < -0.39 is 36.9 Å². The first kappa shape index (κ1) is 21.6. The smallest absolute Gasteiger partial charge is 0.277 e. The third kappa shape index (κ3) is 6.14. The average Bonchev–Trinajstić information content (AvgIpc) is 2.63. The molecule has 1 aromatic rings. The summed E-state index contributed by atoms with van der Waals surface area (Å²) in [6.45, 7) is 1.61. The normalized spacial score (nSPS) is 12.5. The highest BCUT2D eigenvalue weighted by atomic mass is 19.3. The van der Waals surface area contributed by atoms with Crippen LogP contribution in [-0.4, -0.2) is 51.1 Å². The largest absolute Gasteiger partial charge is 0.497 e. The Morgan fingerprint density at radius 1 is 1.15 bits per heavy atom. The molecule has 4 N–H and O–H groups in total. The number of ether oxygens (including phenoxy) is 2. The zero-order chi connectivity index (χ0) is 19.9. The van der Waals surface area contributed by atoms with Crippen molar-refractivity contribution in [3.8, 4) is 11.5 Å². The molecule has 1 rings (SSSR count). The van der Waals surface area contributed by atoms with E-state index in [0.717, 1.165) is 0 Å². The minimum absolute atomic E-state index is 0.215. The molecular weight excluding hydrogens is 348 g/mol. The van der Waals surface area contributed by atoms with Gasteiger partial charge in [-0.25, -0.2) is 8.78 Å². The van der Waals surface area contributed by atoms with Crippen molar-refractivity contribution in [3.05, 3.63) is 23.8 Å². The molecule has 2 amide bonds. The van der Waals surface area contributed by atoms with E-state index in [2.05, 4.69) is 10.6 Å². The second kappa shape index (κ2) is 9.33. The fraction of sp³-hybridized carbons (Fsp3) is 0.529. The van der Waals surface area contributed by atoms with Gasteiger partial charge in [0, 0.05) is 11.6 Å². The topological polar surface area (TPSA) is 103 Å². The quantitative estimate of drug-likeness (QED) is 0.603. The maximum Gasteiger partial charge on any atom is 0.277 e. The standard InChI is InChI=1S/C17H25F2N3O4/c1-10(2)14(16(24)21-9-17(18,19)8-20)22-15(23)11-5-12(25-3)7-13(6-11)26-4/h5-7,10,14H,8-9,20H2,1-4H3,(H,21,24)(H,22,23). The first-order chi connectivity index (χ1) is 12.1. The van der Waals surface area contributed by atoms with Gasteiger partial charge in [-0.15, -0.1) is 0 Å². The van der Waals surface area contributed by atoms with E-state index in [1.807, 2.05) is 0 Å². The summed E-state index contributed by atoms with van der Waals surface area (Å²) in [7, 11) is 2.89. The molecule has 0 aromatic heterocycles. The van der Waals surface area contributed by atoms with Gasteiger partial charge in [-0.3, -0.25) is 9.59 Å². The van der Waals surface area contributed by atoms with Crippen molar-refractivity contribution >= 4 is 11.8 Å². The molecule has 0 heterocycles. The highest BCUT2D eigenvalue weighted by Gasteiger charge is 2.31. The number of nitrogens with one attached hydrogen (secondary N) is 2. The van der Waals surface area contributed by atoms with Crippen LogP contribution in [0.3, 0.4) is 0 Å². The number of carbonyl (C=O) groups excluding carboxylic acids is 2. The Hall–Kier alpha value is -2.42. The van der Waals surface area contributed by atoms with Crippen molar-refractivity contribution in [2.45, 2.75) is 25.8 Å². The van der Waals surface area contributed by atoms with Gasteiger partial charge in [0.15, 0.2) is 0 Å².